The van der Waals surface area contributed by atoms with Crippen LogP contribution in [-0.2, 0) is 20.0 Å². The van der Waals surface area contributed by atoms with Crippen LogP contribution in [0.15, 0.2) is 24.3 Å². The number of amides is 2. The number of nitrogens with zero attached hydrogens (tertiary/aromatic N) is 3. The number of aromatic nitrogens is 2. The van der Waals surface area contributed by atoms with Crippen molar-refractivity contribution >= 4 is 6.03 Å². The van der Waals surface area contributed by atoms with E-state index in [9.17, 15) is 9.18 Å². The number of rotatable bonds is 3. The van der Waals surface area contributed by atoms with Gasteiger partial charge in [-0.25, -0.2) is 14.2 Å². The summed E-state index contributed by atoms with van der Waals surface area (Å²) in [6.07, 6.45) is 1.70. The molecule has 2 heterocycles. The molecule has 1 aliphatic heterocycles. The molecular formula is C20H25FN4O. The van der Waals surface area contributed by atoms with Gasteiger partial charge in [-0.15, -0.1) is 0 Å². The van der Waals surface area contributed by atoms with Crippen LogP contribution < -0.4 is 5.32 Å². The molecule has 0 radical (unpaired) electrons. The highest BCUT2D eigenvalue weighted by molar-refractivity contribution is 5.75. The summed E-state index contributed by atoms with van der Waals surface area (Å²) in [7, 11) is 2.06. The van der Waals surface area contributed by atoms with Gasteiger partial charge >= 0.3 is 6.03 Å². The molecular weight excluding hydrogens is 331 g/mol. The van der Waals surface area contributed by atoms with Gasteiger partial charge < -0.3 is 14.8 Å². The zero-order valence-corrected chi connectivity index (χ0v) is 15.5. The van der Waals surface area contributed by atoms with Crippen molar-refractivity contribution < 1.29 is 9.18 Å². The van der Waals surface area contributed by atoms with Gasteiger partial charge in [-0.1, -0.05) is 26.0 Å². The smallest absolute Gasteiger partial charge is 0.318 e. The molecule has 26 heavy (non-hydrogen) atoms. The number of hydrogen-bond acceptors (Lipinski definition) is 2. The quantitative estimate of drug-likeness (QED) is 0.917. The van der Waals surface area contributed by atoms with Gasteiger partial charge in [-0.3, -0.25) is 0 Å². The first-order valence-electron chi connectivity index (χ1n) is 9.29. The molecule has 5 nitrogen and oxygen atoms in total. The van der Waals surface area contributed by atoms with Gasteiger partial charge in [0, 0.05) is 43.6 Å². The summed E-state index contributed by atoms with van der Waals surface area (Å²) in [6, 6.07) is 6.71. The molecule has 2 atom stereocenters. The molecule has 0 unspecified atom stereocenters. The SMILES string of the molecule is CC(C)c1nc2c(n1C)CCN(C(=O)N[C@@H]1C[C@H]1c1cccc(F)c1)C2. The van der Waals surface area contributed by atoms with Crippen LogP contribution in [0.25, 0.3) is 0 Å². The van der Waals surface area contributed by atoms with E-state index in [0.717, 1.165) is 29.9 Å². The van der Waals surface area contributed by atoms with Crippen LogP contribution in [0, 0.1) is 5.82 Å². The van der Waals surface area contributed by atoms with Gasteiger partial charge in [0.1, 0.15) is 11.6 Å². The summed E-state index contributed by atoms with van der Waals surface area (Å²) in [4.78, 5) is 19.2. The first-order valence-corrected chi connectivity index (χ1v) is 9.29. The number of fused-ring (bicyclic) bond motifs is 1. The molecule has 1 aromatic carbocycles. The Kier molecular flexibility index (Phi) is 4.21. The maximum atomic E-state index is 13.4. The lowest BCUT2D eigenvalue weighted by molar-refractivity contribution is 0.190. The molecule has 1 aliphatic carbocycles. The Labute approximate surface area is 153 Å². The molecule has 2 amide bonds. The number of carbonyl (C=O) groups is 1. The highest BCUT2D eigenvalue weighted by atomic mass is 19.1. The normalized spacial score (nSPS) is 21.7. The van der Waals surface area contributed by atoms with E-state index in [2.05, 4.69) is 30.8 Å². The van der Waals surface area contributed by atoms with Crippen LogP contribution in [-0.4, -0.2) is 33.1 Å². The minimum absolute atomic E-state index is 0.0451. The van der Waals surface area contributed by atoms with E-state index >= 15 is 0 Å². The molecule has 1 saturated carbocycles. The molecule has 138 valence electrons. The summed E-state index contributed by atoms with van der Waals surface area (Å²) in [6.45, 7) is 5.53. The number of nitrogens with one attached hydrogen (secondary N) is 1. The van der Waals surface area contributed by atoms with Crippen molar-refractivity contribution in [3.8, 4) is 0 Å². The largest absolute Gasteiger partial charge is 0.335 e. The highest BCUT2D eigenvalue weighted by Crippen LogP contribution is 2.41. The van der Waals surface area contributed by atoms with E-state index in [1.807, 2.05) is 11.0 Å². The van der Waals surface area contributed by atoms with Gasteiger partial charge in [-0.2, -0.15) is 0 Å². The average Bonchev–Trinajstić information content (AvgIpc) is 3.29. The number of benzene rings is 1. The Balaban J connectivity index is 1.39. The maximum Gasteiger partial charge on any atom is 0.318 e. The van der Waals surface area contributed by atoms with Crippen molar-refractivity contribution in [2.45, 2.75) is 51.1 Å². The lowest BCUT2D eigenvalue weighted by Gasteiger charge is -2.27. The van der Waals surface area contributed by atoms with Crippen LogP contribution in [0.2, 0.25) is 0 Å². The fourth-order valence-corrected chi connectivity index (χ4v) is 3.95. The van der Waals surface area contributed by atoms with Crippen molar-refractivity contribution in [1.82, 2.24) is 19.8 Å². The third-order valence-electron chi connectivity index (χ3n) is 5.47. The van der Waals surface area contributed by atoms with Crippen molar-refractivity contribution in [3.05, 3.63) is 52.9 Å². The van der Waals surface area contributed by atoms with Crippen LogP contribution in [0.1, 0.15) is 54.9 Å². The first kappa shape index (κ1) is 17.1. The monoisotopic (exact) mass is 356 g/mol. The summed E-state index contributed by atoms with van der Waals surface area (Å²) in [5, 5.41) is 3.10. The Morgan fingerprint density at radius 3 is 2.92 bits per heavy atom. The standard InChI is InChI=1S/C20H25FN4O/c1-12(2)19-22-17-11-25(8-7-18(17)24(19)3)20(26)23-16-10-15(16)13-5-4-6-14(21)9-13/h4-6,9,12,15-16H,7-8,10-11H2,1-3H3,(H,23,26)/t15-,16+/m0/s1. The van der Waals surface area contributed by atoms with E-state index < -0.39 is 0 Å². The molecule has 1 N–H and O–H groups in total. The molecule has 4 rings (SSSR count). The fourth-order valence-electron chi connectivity index (χ4n) is 3.95. The summed E-state index contributed by atoms with van der Waals surface area (Å²) < 4.78 is 15.5. The average molecular weight is 356 g/mol. The van der Waals surface area contributed by atoms with Crippen LogP contribution in [0.5, 0.6) is 0 Å². The topological polar surface area (TPSA) is 50.2 Å². The predicted octanol–water partition coefficient (Wildman–Crippen LogP) is 3.31. The van der Waals surface area contributed by atoms with Gasteiger partial charge in [0.15, 0.2) is 0 Å². The van der Waals surface area contributed by atoms with Gasteiger partial charge in [0.2, 0.25) is 0 Å². The minimum atomic E-state index is -0.223. The number of halogens is 1. The van der Waals surface area contributed by atoms with Crippen LogP contribution >= 0.6 is 0 Å². The van der Waals surface area contributed by atoms with E-state index in [4.69, 9.17) is 4.98 Å². The van der Waals surface area contributed by atoms with E-state index in [1.54, 1.807) is 12.1 Å². The Morgan fingerprint density at radius 1 is 1.38 bits per heavy atom. The Bertz CT molecular complexity index is 844. The molecule has 2 aromatic rings. The lowest BCUT2D eigenvalue weighted by atomic mass is 10.1. The van der Waals surface area contributed by atoms with E-state index in [0.29, 0.717) is 19.0 Å². The zero-order chi connectivity index (χ0) is 18.4. The summed E-state index contributed by atoms with van der Waals surface area (Å²) >= 11 is 0. The maximum absolute atomic E-state index is 13.4. The minimum Gasteiger partial charge on any atom is -0.335 e. The van der Waals surface area contributed by atoms with Gasteiger partial charge in [0.25, 0.3) is 0 Å². The molecule has 2 aliphatic rings. The van der Waals surface area contributed by atoms with E-state index in [-0.39, 0.29) is 23.8 Å². The number of urea groups is 1. The molecule has 1 aromatic heterocycles. The van der Waals surface area contributed by atoms with E-state index in [1.165, 1.54) is 11.8 Å². The third-order valence-corrected chi connectivity index (χ3v) is 5.47. The van der Waals surface area contributed by atoms with Gasteiger partial charge in [-0.05, 0) is 24.1 Å². The zero-order valence-electron chi connectivity index (χ0n) is 15.5. The number of carbonyl (C=O) groups excluding carboxylic acids is 1. The van der Waals surface area contributed by atoms with Crippen molar-refractivity contribution in [2.75, 3.05) is 6.54 Å². The molecule has 6 heteroatoms. The third kappa shape index (κ3) is 3.08. The summed E-state index contributed by atoms with van der Waals surface area (Å²) in [5.74, 6) is 1.44. The predicted molar refractivity (Wildman–Crippen MR) is 97.5 cm³/mol. The lowest BCUT2D eigenvalue weighted by Crippen LogP contribution is -2.44. The van der Waals surface area contributed by atoms with Crippen molar-refractivity contribution in [3.63, 3.8) is 0 Å². The van der Waals surface area contributed by atoms with Crippen LogP contribution in [0.3, 0.4) is 0 Å². The van der Waals surface area contributed by atoms with Crippen LogP contribution in [0.4, 0.5) is 9.18 Å². The second kappa shape index (κ2) is 6.41. The van der Waals surface area contributed by atoms with Crippen molar-refractivity contribution in [1.29, 1.82) is 0 Å². The molecule has 0 saturated heterocycles. The molecule has 1 fully saturated rings. The number of imidazole rings is 1. The second-order valence-electron chi connectivity index (χ2n) is 7.70. The Morgan fingerprint density at radius 2 is 2.19 bits per heavy atom. The fraction of sp³-hybridized carbons (Fsp3) is 0.500. The number of hydrogen-bond donors (Lipinski definition) is 1. The van der Waals surface area contributed by atoms with Crippen molar-refractivity contribution in [2.24, 2.45) is 7.05 Å². The molecule has 0 spiro atoms. The van der Waals surface area contributed by atoms with Gasteiger partial charge in [0.05, 0.1) is 12.2 Å². The molecule has 0 bridgehead atoms. The summed E-state index contributed by atoms with van der Waals surface area (Å²) in [5.41, 5.74) is 3.21. The Hall–Kier alpha value is -2.37. The first-order chi connectivity index (χ1) is 12.4. The highest BCUT2D eigenvalue weighted by Gasteiger charge is 2.40. The second-order valence-corrected chi connectivity index (χ2v) is 7.70.